The van der Waals surface area contributed by atoms with E-state index in [0.717, 1.165) is 30.4 Å². The van der Waals surface area contributed by atoms with Crippen LogP contribution in [0.1, 0.15) is 31.7 Å². The van der Waals surface area contributed by atoms with Gasteiger partial charge in [-0.3, -0.25) is 0 Å². The number of benzene rings is 1. The lowest BCUT2D eigenvalue weighted by Gasteiger charge is -2.05. The van der Waals surface area contributed by atoms with E-state index in [1.54, 1.807) is 0 Å². The summed E-state index contributed by atoms with van der Waals surface area (Å²) in [5, 5.41) is 3.37. The molecule has 0 heterocycles. The van der Waals surface area contributed by atoms with E-state index >= 15 is 0 Å². The third kappa shape index (κ3) is 5.08. The van der Waals surface area contributed by atoms with Gasteiger partial charge < -0.3 is 5.32 Å². The summed E-state index contributed by atoms with van der Waals surface area (Å²) in [4.78, 5) is 0. The third-order valence-electron chi connectivity index (χ3n) is 2.49. The summed E-state index contributed by atoms with van der Waals surface area (Å²) in [6.45, 7) is 4.34. The van der Waals surface area contributed by atoms with E-state index in [0.29, 0.717) is 0 Å². The van der Waals surface area contributed by atoms with Crippen LogP contribution >= 0.6 is 15.9 Å². The Kier molecular flexibility index (Phi) is 6.65. The van der Waals surface area contributed by atoms with Crippen LogP contribution in [0.5, 0.6) is 0 Å². The van der Waals surface area contributed by atoms with E-state index in [-0.39, 0.29) is 5.82 Å². The zero-order valence-electron chi connectivity index (χ0n) is 9.73. The van der Waals surface area contributed by atoms with Crippen molar-refractivity contribution in [1.29, 1.82) is 0 Å². The number of halogens is 2. The lowest BCUT2D eigenvalue weighted by molar-refractivity contribution is 0.612. The molecule has 0 atom stereocenters. The SMILES string of the molecule is CCCNCCCCc1ccc(F)cc1Br. The zero-order chi connectivity index (χ0) is 11.8. The summed E-state index contributed by atoms with van der Waals surface area (Å²) in [5.74, 6) is -0.180. The van der Waals surface area contributed by atoms with Crippen LogP contribution in [0.4, 0.5) is 4.39 Å². The van der Waals surface area contributed by atoms with E-state index in [4.69, 9.17) is 0 Å². The van der Waals surface area contributed by atoms with Crippen LogP contribution in [0.25, 0.3) is 0 Å². The van der Waals surface area contributed by atoms with Crippen molar-refractivity contribution >= 4 is 15.9 Å². The van der Waals surface area contributed by atoms with E-state index in [1.165, 1.54) is 30.5 Å². The average Bonchev–Trinajstić information content (AvgIpc) is 2.26. The molecule has 0 fully saturated rings. The molecular formula is C13H19BrFN. The van der Waals surface area contributed by atoms with E-state index in [1.807, 2.05) is 6.07 Å². The molecule has 1 rings (SSSR count). The van der Waals surface area contributed by atoms with Crippen LogP contribution in [-0.4, -0.2) is 13.1 Å². The molecule has 0 spiro atoms. The zero-order valence-corrected chi connectivity index (χ0v) is 11.3. The topological polar surface area (TPSA) is 12.0 Å². The molecule has 1 N–H and O–H groups in total. The maximum absolute atomic E-state index is 12.8. The second-order valence-electron chi connectivity index (χ2n) is 3.94. The Bertz CT molecular complexity index is 315. The van der Waals surface area contributed by atoms with Crippen molar-refractivity contribution in [2.45, 2.75) is 32.6 Å². The normalized spacial score (nSPS) is 10.7. The summed E-state index contributed by atoms with van der Waals surface area (Å²) in [7, 11) is 0. The molecule has 1 nitrogen and oxygen atoms in total. The standard InChI is InChI=1S/C13H19BrFN/c1-2-8-16-9-4-3-5-11-6-7-12(15)10-13(11)14/h6-7,10,16H,2-5,8-9H2,1H3. The van der Waals surface area contributed by atoms with Crippen LogP contribution in [0.15, 0.2) is 22.7 Å². The number of unbranched alkanes of at least 4 members (excludes halogenated alkanes) is 1. The Morgan fingerprint density at radius 2 is 2.06 bits per heavy atom. The summed E-state index contributed by atoms with van der Waals surface area (Å²) < 4.78 is 13.7. The highest BCUT2D eigenvalue weighted by Crippen LogP contribution is 2.19. The molecule has 90 valence electrons. The van der Waals surface area contributed by atoms with Gasteiger partial charge in [-0.1, -0.05) is 28.9 Å². The molecule has 0 amide bonds. The fraction of sp³-hybridized carbons (Fsp3) is 0.538. The van der Waals surface area contributed by atoms with Crippen molar-refractivity contribution in [3.8, 4) is 0 Å². The summed E-state index contributed by atoms with van der Waals surface area (Å²) in [6.07, 6.45) is 4.50. The van der Waals surface area contributed by atoms with Gasteiger partial charge in [0.2, 0.25) is 0 Å². The second-order valence-corrected chi connectivity index (χ2v) is 4.80. The van der Waals surface area contributed by atoms with Crippen LogP contribution in [0.2, 0.25) is 0 Å². The highest BCUT2D eigenvalue weighted by Gasteiger charge is 2.01. The van der Waals surface area contributed by atoms with E-state index in [9.17, 15) is 4.39 Å². The van der Waals surface area contributed by atoms with Crippen LogP contribution in [0.3, 0.4) is 0 Å². The smallest absolute Gasteiger partial charge is 0.124 e. The van der Waals surface area contributed by atoms with Gasteiger partial charge >= 0.3 is 0 Å². The highest BCUT2D eigenvalue weighted by atomic mass is 79.9. The van der Waals surface area contributed by atoms with Crippen LogP contribution < -0.4 is 5.32 Å². The van der Waals surface area contributed by atoms with Gasteiger partial charge in [0.1, 0.15) is 5.82 Å². The monoisotopic (exact) mass is 287 g/mol. The molecule has 0 saturated heterocycles. The molecule has 3 heteroatoms. The van der Waals surface area contributed by atoms with Gasteiger partial charge in [0.15, 0.2) is 0 Å². The number of hydrogen-bond acceptors (Lipinski definition) is 1. The number of nitrogens with one attached hydrogen (secondary N) is 1. The summed E-state index contributed by atoms with van der Waals surface area (Å²) in [6, 6.07) is 4.92. The minimum Gasteiger partial charge on any atom is -0.317 e. The Hall–Kier alpha value is -0.410. The summed E-state index contributed by atoms with van der Waals surface area (Å²) in [5.41, 5.74) is 1.19. The first-order valence-corrected chi connectivity index (χ1v) is 6.68. The van der Waals surface area contributed by atoms with Crippen molar-refractivity contribution in [2.24, 2.45) is 0 Å². The molecule has 0 aliphatic carbocycles. The number of aryl methyl sites for hydroxylation is 1. The Morgan fingerprint density at radius 3 is 2.75 bits per heavy atom. The average molecular weight is 288 g/mol. The van der Waals surface area contributed by atoms with Crippen molar-refractivity contribution < 1.29 is 4.39 Å². The largest absolute Gasteiger partial charge is 0.317 e. The molecular weight excluding hydrogens is 269 g/mol. The van der Waals surface area contributed by atoms with Gasteiger partial charge in [0, 0.05) is 4.47 Å². The Balaban J connectivity index is 2.21. The van der Waals surface area contributed by atoms with Gasteiger partial charge in [-0.2, -0.15) is 0 Å². The molecule has 0 radical (unpaired) electrons. The molecule has 0 saturated carbocycles. The number of hydrogen-bond donors (Lipinski definition) is 1. The van der Waals surface area contributed by atoms with E-state index < -0.39 is 0 Å². The lowest BCUT2D eigenvalue weighted by atomic mass is 10.1. The molecule has 0 aliphatic rings. The van der Waals surface area contributed by atoms with Crippen molar-refractivity contribution in [1.82, 2.24) is 5.32 Å². The van der Waals surface area contributed by atoms with Crippen molar-refractivity contribution in [2.75, 3.05) is 13.1 Å². The maximum Gasteiger partial charge on any atom is 0.124 e. The molecule has 1 aromatic carbocycles. The third-order valence-corrected chi connectivity index (χ3v) is 3.23. The van der Waals surface area contributed by atoms with Gasteiger partial charge in [0.25, 0.3) is 0 Å². The number of rotatable bonds is 7. The minimum absolute atomic E-state index is 0.180. The predicted molar refractivity (Wildman–Crippen MR) is 70.2 cm³/mol. The van der Waals surface area contributed by atoms with E-state index in [2.05, 4.69) is 28.2 Å². The van der Waals surface area contributed by atoms with Crippen molar-refractivity contribution in [3.63, 3.8) is 0 Å². The maximum atomic E-state index is 12.8. The fourth-order valence-electron chi connectivity index (χ4n) is 1.59. The highest BCUT2D eigenvalue weighted by molar-refractivity contribution is 9.10. The van der Waals surface area contributed by atoms with Crippen LogP contribution in [-0.2, 0) is 6.42 Å². The molecule has 0 bridgehead atoms. The Labute approximate surface area is 106 Å². The van der Waals surface area contributed by atoms with Gasteiger partial charge in [-0.15, -0.1) is 0 Å². The first-order valence-electron chi connectivity index (χ1n) is 5.88. The lowest BCUT2D eigenvalue weighted by Crippen LogP contribution is -2.15. The van der Waals surface area contributed by atoms with Crippen LogP contribution in [0, 0.1) is 5.82 Å². The predicted octanol–water partition coefficient (Wildman–Crippen LogP) is 3.91. The molecule has 1 aromatic rings. The van der Waals surface area contributed by atoms with Gasteiger partial charge in [0.05, 0.1) is 0 Å². The van der Waals surface area contributed by atoms with Gasteiger partial charge in [-0.25, -0.2) is 4.39 Å². The van der Waals surface area contributed by atoms with Crippen molar-refractivity contribution in [3.05, 3.63) is 34.1 Å². The molecule has 16 heavy (non-hydrogen) atoms. The van der Waals surface area contributed by atoms with Gasteiger partial charge in [-0.05, 0) is 56.5 Å². The fourth-order valence-corrected chi connectivity index (χ4v) is 2.14. The quantitative estimate of drug-likeness (QED) is 0.750. The first kappa shape index (κ1) is 13.7. The molecule has 0 aromatic heterocycles. The molecule has 0 aliphatic heterocycles. The molecule has 0 unspecified atom stereocenters. The summed E-state index contributed by atoms with van der Waals surface area (Å²) >= 11 is 3.39. The first-order chi connectivity index (χ1) is 7.74. The second kappa shape index (κ2) is 7.80. The minimum atomic E-state index is -0.180. The Morgan fingerprint density at radius 1 is 1.25 bits per heavy atom.